The number of carbonyl (C=O) groups is 1. The summed E-state index contributed by atoms with van der Waals surface area (Å²) in [4.78, 5) is 16.1. The molecule has 0 fully saturated rings. The fourth-order valence-electron chi connectivity index (χ4n) is 1.93. The maximum Gasteiger partial charge on any atom is 0.250 e. The smallest absolute Gasteiger partial charge is 0.250 e. The molecule has 0 aliphatic carbocycles. The van der Waals surface area contributed by atoms with Crippen molar-refractivity contribution in [3.05, 3.63) is 46.1 Å². The summed E-state index contributed by atoms with van der Waals surface area (Å²) < 4.78 is 5.11. The van der Waals surface area contributed by atoms with E-state index in [1.54, 1.807) is 31.4 Å². The van der Waals surface area contributed by atoms with E-state index in [4.69, 9.17) is 22.1 Å². The number of hydrogen-bond acceptors (Lipinski definition) is 3. The number of aryl methyl sites for hydroxylation is 2. The van der Waals surface area contributed by atoms with E-state index >= 15 is 0 Å². The Bertz CT molecular complexity index is 684. The molecule has 0 aliphatic heterocycles. The SMILES string of the molecule is COc1ccc(-c2nc(C)c(C)cc2C(N)=O)cc1Cl. The van der Waals surface area contributed by atoms with Gasteiger partial charge < -0.3 is 10.5 Å². The van der Waals surface area contributed by atoms with Crippen molar-refractivity contribution in [1.82, 2.24) is 4.98 Å². The highest BCUT2D eigenvalue weighted by atomic mass is 35.5. The number of halogens is 1. The molecule has 1 aromatic carbocycles. The Balaban J connectivity index is 2.65. The molecule has 0 spiro atoms. The molecule has 1 amide bonds. The van der Waals surface area contributed by atoms with E-state index in [2.05, 4.69) is 4.98 Å². The molecule has 1 aromatic heterocycles. The van der Waals surface area contributed by atoms with Crippen LogP contribution in [0.15, 0.2) is 24.3 Å². The molecule has 0 aliphatic rings. The number of carbonyl (C=O) groups excluding carboxylic acids is 1. The van der Waals surface area contributed by atoms with E-state index < -0.39 is 5.91 Å². The van der Waals surface area contributed by atoms with E-state index in [9.17, 15) is 4.79 Å². The number of ether oxygens (including phenoxy) is 1. The molecule has 0 saturated heterocycles. The van der Waals surface area contributed by atoms with Gasteiger partial charge in [-0.05, 0) is 43.7 Å². The molecule has 0 unspecified atom stereocenters. The van der Waals surface area contributed by atoms with Crippen LogP contribution in [0.5, 0.6) is 5.75 Å². The van der Waals surface area contributed by atoms with Gasteiger partial charge in [-0.25, -0.2) is 0 Å². The highest BCUT2D eigenvalue weighted by Gasteiger charge is 2.15. The summed E-state index contributed by atoms with van der Waals surface area (Å²) >= 11 is 6.11. The van der Waals surface area contributed by atoms with E-state index in [1.165, 1.54) is 0 Å². The number of aromatic nitrogens is 1. The zero-order chi connectivity index (χ0) is 14.9. The minimum atomic E-state index is -0.512. The second-order valence-electron chi connectivity index (χ2n) is 4.50. The van der Waals surface area contributed by atoms with Gasteiger partial charge in [-0.1, -0.05) is 11.6 Å². The first-order valence-electron chi connectivity index (χ1n) is 6.06. The standard InChI is InChI=1S/C15H15ClN2O2/c1-8-6-11(15(17)19)14(18-9(8)2)10-4-5-13(20-3)12(16)7-10/h4-7H,1-3H3,(H2,17,19). The monoisotopic (exact) mass is 290 g/mol. The van der Waals surface area contributed by atoms with Gasteiger partial charge in [-0.15, -0.1) is 0 Å². The van der Waals surface area contributed by atoms with Crippen molar-refractivity contribution in [3.8, 4) is 17.0 Å². The average molecular weight is 291 g/mol. The number of nitrogens with two attached hydrogens (primary N) is 1. The molecule has 1 heterocycles. The first kappa shape index (κ1) is 14.3. The third-order valence-corrected chi connectivity index (χ3v) is 3.45. The highest BCUT2D eigenvalue weighted by Crippen LogP contribution is 2.31. The predicted molar refractivity (Wildman–Crippen MR) is 79.2 cm³/mol. The van der Waals surface area contributed by atoms with Crippen LogP contribution in [0.2, 0.25) is 5.02 Å². The van der Waals surface area contributed by atoms with Crippen molar-refractivity contribution in [1.29, 1.82) is 0 Å². The summed E-state index contributed by atoms with van der Waals surface area (Å²) in [6.07, 6.45) is 0. The van der Waals surface area contributed by atoms with Crippen molar-refractivity contribution < 1.29 is 9.53 Å². The lowest BCUT2D eigenvalue weighted by Crippen LogP contribution is -2.14. The third-order valence-electron chi connectivity index (χ3n) is 3.16. The van der Waals surface area contributed by atoms with Crippen LogP contribution in [-0.2, 0) is 0 Å². The molecule has 2 N–H and O–H groups in total. The van der Waals surface area contributed by atoms with Crippen LogP contribution in [0.1, 0.15) is 21.6 Å². The molecular formula is C15H15ClN2O2. The Kier molecular flexibility index (Phi) is 3.95. The maximum absolute atomic E-state index is 11.6. The minimum Gasteiger partial charge on any atom is -0.495 e. The van der Waals surface area contributed by atoms with Crippen LogP contribution in [-0.4, -0.2) is 18.0 Å². The summed E-state index contributed by atoms with van der Waals surface area (Å²) in [6, 6.07) is 7.00. The number of amides is 1. The molecule has 4 nitrogen and oxygen atoms in total. The molecule has 0 radical (unpaired) electrons. The highest BCUT2D eigenvalue weighted by molar-refractivity contribution is 6.32. The van der Waals surface area contributed by atoms with E-state index in [0.717, 1.165) is 16.8 Å². The number of rotatable bonds is 3. The minimum absolute atomic E-state index is 0.384. The van der Waals surface area contributed by atoms with E-state index in [1.807, 2.05) is 13.8 Å². The van der Waals surface area contributed by atoms with Gasteiger partial charge in [-0.2, -0.15) is 0 Å². The number of methoxy groups -OCH3 is 1. The van der Waals surface area contributed by atoms with Crippen LogP contribution in [0.4, 0.5) is 0 Å². The lowest BCUT2D eigenvalue weighted by molar-refractivity contribution is 0.100. The Morgan fingerprint density at radius 3 is 2.55 bits per heavy atom. The van der Waals surface area contributed by atoms with Crippen LogP contribution >= 0.6 is 11.6 Å². The average Bonchev–Trinajstić information content (AvgIpc) is 2.41. The van der Waals surface area contributed by atoms with Crippen LogP contribution < -0.4 is 10.5 Å². The van der Waals surface area contributed by atoms with E-state index in [-0.39, 0.29) is 0 Å². The Morgan fingerprint density at radius 2 is 2.00 bits per heavy atom. The quantitative estimate of drug-likeness (QED) is 0.944. The first-order valence-corrected chi connectivity index (χ1v) is 6.43. The van der Waals surface area contributed by atoms with Gasteiger partial charge in [0.15, 0.2) is 0 Å². The number of nitrogens with zero attached hydrogens (tertiary/aromatic N) is 1. The molecule has 2 rings (SSSR count). The van der Waals surface area contributed by atoms with Gasteiger partial charge in [-0.3, -0.25) is 9.78 Å². The first-order chi connectivity index (χ1) is 9.43. The topological polar surface area (TPSA) is 65.2 Å². The predicted octanol–water partition coefficient (Wildman–Crippen LogP) is 3.13. The lowest BCUT2D eigenvalue weighted by Gasteiger charge is -2.11. The second kappa shape index (κ2) is 5.51. The maximum atomic E-state index is 11.6. The summed E-state index contributed by atoms with van der Waals surface area (Å²) in [5.41, 5.74) is 8.84. The largest absolute Gasteiger partial charge is 0.495 e. The summed E-state index contributed by atoms with van der Waals surface area (Å²) in [5, 5.41) is 0.459. The normalized spacial score (nSPS) is 10.4. The van der Waals surface area contributed by atoms with Crippen molar-refractivity contribution in [3.63, 3.8) is 0 Å². The molecule has 20 heavy (non-hydrogen) atoms. The lowest BCUT2D eigenvalue weighted by atomic mass is 10.0. The van der Waals surface area contributed by atoms with Crippen molar-refractivity contribution in [2.45, 2.75) is 13.8 Å². The van der Waals surface area contributed by atoms with Gasteiger partial charge in [0.1, 0.15) is 5.75 Å². The Labute approximate surface area is 122 Å². The number of pyridine rings is 1. The number of benzene rings is 1. The molecule has 0 bridgehead atoms. The van der Waals surface area contributed by atoms with Crippen molar-refractivity contribution in [2.24, 2.45) is 5.73 Å². The Hall–Kier alpha value is -2.07. The van der Waals surface area contributed by atoms with Gasteiger partial charge in [0.05, 0.1) is 23.4 Å². The molecule has 0 atom stereocenters. The molecular weight excluding hydrogens is 276 g/mol. The number of primary amides is 1. The van der Waals surface area contributed by atoms with Gasteiger partial charge in [0.2, 0.25) is 0 Å². The second-order valence-corrected chi connectivity index (χ2v) is 4.91. The summed E-state index contributed by atoms with van der Waals surface area (Å²) in [5.74, 6) is 0.0578. The molecule has 104 valence electrons. The van der Waals surface area contributed by atoms with Gasteiger partial charge in [0.25, 0.3) is 5.91 Å². The zero-order valence-electron chi connectivity index (χ0n) is 11.5. The van der Waals surface area contributed by atoms with Crippen molar-refractivity contribution in [2.75, 3.05) is 7.11 Å². The van der Waals surface area contributed by atoms with Crippen LogP contribution in [0.25, 0.3) is 11.3 Å². The Morgan fingerprint density at radius 1 is 1.30 bits per heavy atom. The third kappa shape index (κ3) is 2.60. The summed E-state index contributed by atoms with van der Waals surface area (Å²) in [7, 11) is 1.55. The fourth-order valence-corrected chi connectivity index (χ4v) is 2.18. The molecule has 0 saturated carbocycles. The van der Waals surface area contributed by atoms with Crippen molar-refractivity contribution >= 4 is 17.5 Å². The number of hydrogen-bond donors (Lipinski definition) is 1. The fraction of sp³-hybridized carbons (Fsp3) is 0.200. The zero-order valence-corrected chi connectivity index (χ0v) is 12.3. The van der Waals surface area contributed by atoms with Gasteiger partial charge >= 0.3 is 0 Å². The van der Waals surface area contributed by atoms with E-state index in [0.29, 0.717) is 22.0 Å². The van der Waals surface area contributed by atoms with Gasteiger partial charge in [0, 0.05) is 11.3 Å². The summed E-state index contributed by atoms with van der Waals surface area (Å²) in [6.45, 7) is 3.77. The molecule has 2 aromatic rings. The molecule has 5 heteroatoms. The van der Waals surface area contributed by atoms with Crippen LogP contribution in [0, 0.1) is 13.8 Å². The van der Waals surface area contributed by atoms with Crippen LogP contribution in [0.3, 0.4) is 0 Å².